The van der Waals surface area contributed by atoms with Crippen molar-refractivity contribution in [3.05, 3.63) is 23.3 Å². The Morgan fingerprint density at radius 1 is 1.24 bits per heavy atom. The first-order chi connectivity index (χ1) is 9.67. The van der Waals surface area contributed by atoms with Crippen LogP contribution in [0.4, 0.5) is 0 Å². The molecule has 2 atom stereocenters. The normalized spacial score (nSPS) is 22.4. The molecule has 21 heavy (non-hydrogen) atoms. The second kappa shape index (κ2) is 5.85. The molecule has 1 aliphatic rings. The van der Waals surface area contributed by atoms with Gasteiger partial charge in [-0.15, -0.1) is 0 Å². The number of likely N-dealkylation sites (N-methyl/N-ethyl adjacent to an activating group) is 1. The highest BCUT2D eigenvalue weighted by Crippen LogP contribution is 2.42. The van der Waals surface area contributed by atoms with Gasteiger partial charge in [-0.05, 0) is 37.6 Å². The smallest absolute Gasteiger partial charge is 0.161 e. The van der Waals surface area contributed by atoms with E-state index in [0.29, 0.717) is 6.42 Å². The molecule has 1 aliphatic heterocycles. The molecule has 0 saturated carbocycles. The van der Waals surface area contributed by atoms with E-state index in [1.807, 2.05) is 20.2 Å². The number of aromatic hydroxyl groups is 2. The highest BCUT2D eigenvalue weighted by molar-refractivity contribution is 5.51. The summed E-state index contributed by atoms with van der Waals surface area (Å²) in [6.45, 7) is 7.33. The molecule has 2 rings (SSSR count). The third-order valence-corrected chi connectivity index (χ3v) is 3.80. The molecule has 1 heterocycles. The summed E-state index contributed by atoms with van der Waals surface area (Å²) in [6.07, 6.45) is 1.57. The van der Waals surface area contributed by atoms with Crippen LogP contribution in [0.2, 0.25) is 0 Å². The van der Waals surface area contributed by atoms with E-state index in [9.17, 15) is 10.2 Å². The minimum atomic E-state index is -0.0670. The third-order valence-electron chi connectivity index (χ3n) is 3.80. The zero-order valence-electron chi connectivity index (χ0n) is 13.7. The maximum absolute atomic E-state index is 10.2. The molecule has 0 aromatic heterocycles. The van der Waals surface area contributed by atoms with E-state index < -0.39 is 0 Å². The van der Waals surface area contributed by atoms with Crippen LogP contribution in [0.15, 0.2) is 12.1 Å². The molecule has 0 amide bonds. The van der Waals surface area contributed by atoms with Crippen LogP contribution in [-0.4, -0.2) is 41.9 Å². The van der Waals surface area contributed by atoms with Gasteiger partial charge in [0.05, 0.1) is 12.2 Å². The summed E-state index contributed by atoms with van der Waals surface area (Å²) in [5.41, 5.74) is 1.99. The SMILES string of the molecule is CN(C)CC1OC(CC(C)(C)C)Cc2c1ccc(O)c2O. The first-order valence-electron chi connectivity index (χ1n) is 7.51. The van der Waals surface area contributed by atoms with Crippen molar-refractivity contribution in [1.82, 2.24) is 4.90 Å². The maximum atomic E-state index is 10.2. The number of ether oxygens (including phenoxy) is 1. The molecular formula is C17H27NO3. The van der Waals surface area contributed by atoms with Crippen LogP contribution in [0.5, 0.6) is 11.5 Å². The quantitative estimate of drug-likeness (QED) is 0.841. The number of benzene rings is 1. The summed E-state index contributed by atoms with van der Waals surface area (Å²) in [5.74, 6) is -0.0350. The van der Waals surface area contributed by atoms with Crippen LogP contribution >= 0.6 is 0 Å². The van der Waals surface area contributed by atoms with Gasteiger partial charge in [-0.1, -0.05) is 26.8 Å². The molecule has 118 valence electrons. The van der Waals surface area contributed by atoms with Crippen molar-refractivity contribution in [2.24, 2.45) is 5.41 Å². The summed E-state index contributed by atoms with van der Waals surface area (Å²) < 4.78 is 6.26. The van der Waals surface area contributed by atoms with Gasteiger partial charge in [0.15, 0.2) is 11.5 Å². The lowest BCUT2D eigenvalue weighted by Crippen LogP contribution is -2.34. The lowest BCUT2D eigenvalue weighted by molar-refractivity contribution is -0.0528. The number of hydrogen-bond acceptors (Lipinski definition) is 4. The highest BCUT2D eigenvalue weighted by atomic mass is 16.5. The molecule has 0 spiro atoms. The maximum Gasteiger partial charge on any atom is 0.161 e. The van der Waals surface area contributed by atoms with Crippen molar-refractivity contribution in [1.29, 1.82) is 0 Å². The Balaban J connectivity index is 2.34. The molecule has 2 unspecified atom stereocenters. The standard InChI is InChI=1S/C17H27NO3/c1-17(2,3)9-11-8-13-12(6-7-14(19)16(13)20)15(21-11)10-18(4)5/h6-7,11,15,19-20H,8-10H2,1-5H3. The minimum absolute atomic E-state index is 0.0125. The van der Waals surface area contributed by atoms with Crippen molar-refractivity contribution in [2.75, 3.05) is 20.6 Å². The average molecular weight is 293 g/mol. The number of fused-ring (bicyclic) bond motifs is 1. The van der Waals surface area contributed by atoms with Gasteiger partial charge in [0.25, 0.3) is 0 Å². The first kappa shape index (κ1) is 16.1. The summed E-state index contributed by atoms with van der Waals surface area (Å²) in [4.78, 5) is 2.08. The fourth-order valence-electron chi connectivity index (χ4n) is 3.01. The van der Waals surface area contributed by atoms with Gasteiger partial charge in [0.1, 0.15) is 0 Å². The Morgan fingerprint density at radius 2 is 1.90 bits per heavy atom. The Bertz CT molecular complexity index is 505. The van der Waals surface area contributed by atoms with Crippen LogP contribution in [0, 0.1) is 5.41 Å². The molecule has 4 heteroatoms. The predicted octanol–water partition coefficient (Wildman–Crippen LogP) is 3.08. The van der Waals surface area contributed by atoms with Gasteiger partial charge < -0.3 is 19.8 Å². The molecule has 1 aromatic carbocycles. The van der Waals surface area contributed by atoms with Crippen molar-refractivity contribution in [3.8, 4) is 11.5 Å². The molecule has 1 aromatic rings. The predicted molar refractivity (Wildman–Crippen MR) is 83.7 cm³/mol. The summed E-state index contributed by atoms with van der Waals surface area (Å²) in [7, 11) is 4.02. The summed E-state index contributed by atoms with van der Waals surface area (Å²) in [6, 6.07) is 3.41. The fraction of sp³-hybridized carbons (Fsp3) is 0.647. The van der Waals surface area contributed by atoms with Gasteiger partial charge in [0.2, 0.25) is 0 Å². The lowest BCUT2D eigenvalue weighted by Gasteiger charge is -2.36. The number of nitrogens with zero attached hydrogens (tertiary/aromatic N) is 1. The summed E-state index contributed by atoms with van der Waals surface area (Å²) >= 11 is 0. The largest absolute Gasteiger partial charge is 0.504 e. The number of phenols is 2. The van der Waals surface area contributed by atoms with E-state index in [-0.39, 0.29) is 29.1 Å². The van der Waals surface area contributed by atoms with E-state index in [4.69, 9.17) is 4.74 Å². The number of phenolic OH excluding ortho intramolecular Hbond substituents is 2. The number of hydrogen-bond donors (Lipinski definition) is 2. The third kappa shape index (κ3) is 3.89. The van der Waals surface area contributed by atoms with Crippen molar-refractivity contribution >= 4 is 0 Å². The molecule has 0 bridgehead atoms. The van der Waals surface area contributed by atoms with E-state index in [2.05, 4.69) is 25.7 Å². The topological polar surface area (TPSA) is 52.9 Å². The van der Waals surface area contributed by atoms with Gasteiger partial charge in [-0.25, -0.2) is 0 Å². The van der Waals surface area contributed by atoms with E-state index in [1.54, 1.807) is 6.07 Å². The molecule has 0 fully saturated rings. The Labute approximate surface area is 127 Å². The van der Waals surface area contributed by atoms with Crippen LogP contribution < -0.4 is 0 Å². The molecule has 0 aliphatic carbocycles. The zero-order valence-corrected chi connectivity index (χ0v) is 13.7. The van der Waals surface area contributed by atoms with Crippen LogP contribution in [0.1, 0.15) is 44.4 Å². The van der Waals surface area contributed by atoms with Crippen molar-refractivity contribution in [2.45, 2.75) is 45.8 Å². The molecule has 4 nitrogen and oxygen atoms in total. The Hall–Kier alpha value is -1.26. The monoisotopic (exact) mass is 293 g/mol. The average Bonchev–Trinajstić information content (AvgIpc) is 2.31. The molecular weight excluding hydrogens is 266 g/mol. The second-order valence-corrected chi connectivity index (χ2v) is 7.48. The minimum Gasteiger partial charge on any atom is -0.504 e. The van der Waals surface area contributed by atoms with Gasteiger partial charge >= 0.3 is 0 Å². The molecule has 0 radical (unpaired) electrons. The Kier molecular flexibility index (Phi) is 4.49. The number of rotatable bonds is 3. The van der Waals surface area contributed by atoms with Crippen molar-refractivity contribution < 1.29 is 14.9 Å². The van der Waals surface area contributed by atoms with Crippen molar-refractivity contribution in [3.63, 3.8) is 0 Å². The highest BCUT2D eigenvalue weighted by Gasteiger charge is 2.32. The first-order valence-corrected chi connectivity index (χ1v) is 7.51. The zero-order chi connectivity index (χ0) is 15.8. The molecule has 2 N–H and O–H groups in total. The van der Waals surface area contributed by atoms with Crippen LogP contribution in [0.25, 0.3) is 0 Å². The Morgan fingerprint density at radius 3 is 2.48 bits per heavy atom. The van der Waals surface area contributed by atoms with E-state index in [0.717, 1.165) is 24.1 Å². The summed E-state index contributed by atoms with van der Waals surface area (Å²) in [5, 5.41) is 20.0. The van der Waals surface area contributed by atoms with E-state index >= 15 is 0 Å². The fourth-order valence-corrected chi connectivity index (χ4v) is 3.01. The van der Waals surface area contributed by atoms with Crippen LogP contribution in [0.3, 0.4) is 0 Å². The van der Waals surface area contributed by atoms with Crippen LogP contribution in [-0.2, 0) is 11.2 Å². The lowest BCUT2D eigenvalue weighted by atomic mass is 9.84. The van der Waals surface area contributed by atoms with Gasteiger partial charge in [-0.3, -0.25) is 0 Å². The van der Waals surface area contributed by atoms with Gasteiger partial charge in [0, 0.05) is 18.5 Å². The van der Waals surface area contributed by atoms with E-state index in [1.165, 1.54) is 0 Å². The van der Waals surface area contributed by atoms with Gasteiger partial charge in [-0.2, -0.15) is 0 Å². The second-order valence-electron chi connectivity index (χ2n) is 7.48. The molecule has 0 saturated heterocycles.